The second kappa shape index (κ2) is 5.90. The maximum atomic E-state index is 5.87. The molecule has 0 aromatic heterocycles. The molecule has 0 saturated heterocycles. The number of aryl methyl sites for hydroxylation is 2. The third kappa shape index (κ3) is 2.68. The van der Waals surface area contributed by atoms with E-state index >= 15 is 0 Å². The van der Waals surface area contributed by atoms with E-state index in [2.05, 4.69) is 62.5 Å². The van der Waals surface area contributed by atoms with Gasteiger partial charge in [0.15, 0.2) is 0 Å². The lowest BCUT2D eigenvalue weighted by atomic mass is 9.87. The van der Waals surface area contributed by atoms with Crippen LogP contribution in [0.25, 0.3) is 0 Å². The number of likely N-dealkylation sites (N-methyl/N-ethyl adjacent to an activating group) is 1. The predicted octanol–water partition coefficient (Wildman–Crippen LogP) is 4.13. The van der Waals surface area contributed by atoms with E-state index < -0.39 is 0 Å². The van der Waals surface area contributed by atoms with Crippen molar-refractivity contribution in [3.63, 3.8) is 0 Å². The Balaban J connectivity index is 1.97. The first-order chi connectivity index (χ1) is 10.2. The molecule has 0 fully saturated rings. The minimum atomic E-state index is 0.304. The molecule has 1 N–H and O–H groups in total. The van der Waals surface area contributed by atoms with Crippen molar-refractivity contribution in [1.82, 2.24) is 5.32 Å². The van der Waals surface area contributed by atoms with Gasteiger partial charge in [-0.2, -0.15) is 0 Å². The number of para-hydroxylation sites is 1. The van der Waals surface area contributed by atoms with Crippen LogP contribution >= 0.6 is 0 Å². The molecule has 0 bridgehead atoms. The Kier molecular flexibility index (Phi) is 3.98. The summed E-state index contributed by atoms with van der Waals surface area (Å²) in [6, 6.07) is 15.5. The fourth-order valence-corrected chi connectivity index (χ4v) is 3.13. The molecule has 2 unspecified atom stereocenters. The first kappa shape index (κ1) is 14.2. The largest absolute Gasteiger partial charge is 0.493 e. The zero-order valence-electron chi connectivity index (χ0n) is 13.0. The number of fused-ring (bicyclic) bond motifs is 1. The Bertz CT molecular complexity index is 635. The Labute approximate surface area is 127 Å². The monoisotopic (exact) mass is 281 g/mol. The number of hydrogen-bond donors (Lipinski definition) is 1. The number of nitrogens with one attached hydrogen (secondary N) is 1. The van der Waals surface area contributed by atoms with Gasteiger partial charge in [0.2, 0.25) is 0 Å². The fourth-order valence-electron chi connectivity index (χ4n) is 3.13. The molecule has 0 saturated carbocycles. The first-order valence-electron chi connectivity index (χ1n) is 7.73. The fraction of sp³-hybridized carbons (Fsp3) is 0.368. The summed E-state index contributed by atoms with van der Waals surface area (Å²) < 4.78 is 5.87. The summed E-state index contributed by atoms with van der Waals surface area (Å²) in [7, 11) is 0. The number of ether oxygens (including phenoxy) is 1. The van der Waals surface area contributed by atoms with Crippen molar-refractivity contribution in [3.8, 4) is 5.75 Å². The van der Waals surface area contributed by atoms with E-state index in [1.54, 1.807) is 0 Å². The second-order valence-corrected chi connectivity index (χ2v) is 5.83. The van der Waals surface area contributed by atoms with E-state index in [4.69, 9.17) is 4.74 Å². The van der Waals surface area contributed by atoms with Gasteiger partial charge in [0.1, 0.15) is 5.75 Å². The van der Waals surface area contributed by atoms with Crippen LogP contribution < -0.4 is 10.1 Å². The van der Waals surface area contributed by atoms with Crippen LogP contribution in [0.1, 0.15) is 41.1 Å². The van der Waals surface area contributed by atoms with E-state index in [9.17, 15) is 0 Å². The van der Waals surface area contributed by atoms with Gasteiger partial charge in [-0.25, -0.2) is 0 Å². The summed E-state index contributed by atoms with van der Waals surface area (Å²) >= 11 is 0. The van der Waals surface area contributed by atoms with Crippen LogP contribution in [0.15, 0.2) is 42.5 Å². The Morgan fingerprint density at radius 1 is 1.14 bits per heavy atom. The molecule has 1 aliphatic rings. The molecular formula is C19H23NO. The number of benzene rings is 2. The van der Waals surface area contributed by atoms with Gasteiger partial charge in [0.25, 0.3) is 0 Å². The Morgan fingerprint density at radius 2 is 1.95 bits per heavy atom. The van der Waals surface area contributed by atoms with Crippen molar-refractivity contribution in [1.29, 1.82) is 0 Å². The van der Waals surface area contributed by atoms with E-state index in [0.717, 1.165) is 18.9 Å². The molecule has 0 radical (unpaired) electrons. The predicted molar refractivity (Wildman–Crippen MR) is 87.0 cm³/mol. The van der Waals surface area contributed by atoms with Crippen molar-refractivity contribution in [2.24, 2.45) is 0 Å². The lowest BCUT2D eigenvalue weighted by molar-refractivity contribution is 0.301. The lowest BCUT2D eigenvalue weighted by Crippen LogP contribution is -2.28. The molecule has 0 amide bonds. The molecule has 2 aromatic rings. The van der Waals surface area contributed by atoms with Gasteiger partial charge in [-0.1, -0.05) is 43.3 Å². The average molecular weight is 281 g/mol. The third-order valence-corrected chi connectivity index (χ3v) is 4.45. The van der Waals surface area contributed by atoms with Gasteiger partial charge in [0, 0.05) is 17.5 Å². The molecule has 1 heterocycles. The summed E-state index contributed by atoms with van der Waals surface area (Å²) in [5, 5.41) is 3.65. The van der Waals surface area contributed by atoms with Gasteiger partial charge in [-0.3, -0.25) is 0 Å². The molecule has 3 rings (SSSR count). The van der Waals surface area contributed by atoms with Gasteiger partial charge < -0.3 is 10.1 Å². The second-order valence-electron chi connectivity index (χ2n) is 5.83. The van der Waals surface area contributed by atoms with Crippen molar-refractivity contribution in [3.05, 3.63) is 64.7 Å². The maximum absolute atomic E-state index is 5.87. The molecule has 21 heavy (non-hydrogen) atoms. The molecule has 0 spiro atoms. The Morgan fingerprint density at radius 3 is 2.71 bits per heavy atom. The molecule has 2 atom stereocenters. The SMILES string of the molecule is CCNC(c1ccc(C)c(C)c1)C1COc2ccccc21. The minimum absolute atomic E-state index is 0.304. The first-order valence-corrected chi connectivity index (χ1v) is 7.73. The van der Waals surface area contributed by atoms with Crippen LogP contribution in [0.3, 0.4) is 0 Å². The normalized spacial score (nSPS) is 18.1. The van der Waals surface area contributed by atoms with Crippen LogP contribution in [0.5, 0.6) is 5.75 Å². The topological polar surface area (TPSA) is 21.3 Å². The number of hydrogen-bond acceptors (Lipinski definition) is 2. The van der Waals surface area contributed by atoms with Crippen LogP contribution in [0, 0.1) is 13.8 Å². The van der Waals surface area contributed by atoms with E-state index in [1.807, 2.05) is 6.07 Å². The van der Waals surface area contributed by atoms with Gasteiger partial charge in [0.05, 0.1) is 6.61 Å². The standard InChI is InChI=1S/C19H23NO/c1-4-20-19(15-10-9-13(2)14(3)11-15)17-12-21-18-8-6-5-7-16(17)18/h5-11,17,19-20H,4,12H2,1-3H3. The summed E-state index contributed by atoms with van der Waals surface area (Å²) in [5.74, 6) is 1.41. The van der Waals surface area contributed by atoms with Crippen molar-refractivity contribution in [2.75, 3.05) is 13.2 Å². The molecule has 1 aliphatic heterocycles. The van der Waals surface area contributed by atoms with E-state index in [1.165, 1.54) is 22.3 Å². The number of rotatable bonds is 4. The zero-order chi connectivity index (χ0) is 14.8. The van der Waals surface area contributed by atoms with Gasteiger partial charge in [-0.05, 0) is 43.1 Å². The lowest BCUT2D eigenvalue weighted by Gasteiger charge is -2.25. The molecule has 2 heteroatoms. The highest BCUT2D eigenvalue weighted by molar-refractivity contribution is 5.43. The Hall–Kier alpha value is -1.80. The molecule has 2 nitrogen and oxygen atoms in total. The van der Waals surface area contributed by atoms with Crippen LogP contribution in [0.4, 0.5) is 0 Å². The molecule has 2 aromatic carbocycles. The maximum Gasteiger partial charge on any atom is 0.122 e. The highest BCUT2D eigenvalue weighted by atomic mass is 16.5. The van der Waals surface area contributed by atoms with Crippen LogP contribution in [0.2, 0.25) is 0 Å². The summed E-state index contributed by atoms with van der Waals surface area (Å²) in [6.07, 6.45) is 0. The quantitative estimate of drug-likeness (QED) is 0.910. The molecule has 0 aliphatic carbocycles. The van der Waals surface area contributed by atoms with Gasteiger partial charge >= 0.3 is 0 Å². The highest BCUT2D eigenvalue weighted by Crippen LogP contribution is 2.41. The zero-order valence-corrected chi connectivity index (χ0v) is 13.0. The smallest absolute Gasteiger partial charge is 0.122 e. The molecular weight excluding hydrogens is 258 g/mol. The minimum Gasteiger partial charge on any atom is -0.493 e. The van der Waals surface area contributed by atoms with Crippen molar-refractivity contribution >= 4 is 0 Å². The van der Waals surface area contributed by atoms with Gasteiger partial charge in [-0.15, -0.1) is 0 Å². The van der Waals surface area contributed by atoms with Crippen LogP contribution in [-0.4, -0.2) is 13.2 Å². The molecule has 110 valence electrons. The summed E-state index contributed by atoms with van der Waals surface area (Å²) in [6.45, 7) is 8.21. The van der Waals surface area contributed by atoms with Crippen LogP contribution in [-0.2, 0) is 0 Å². The summed E-state index contributed by atoms with van der Waals surface area (Å²) in [5.41, 5.74) is 5.37. The average Bonchev–Trinajstić information content (AvgIpc) is 2.92. The van der Waals surface area contributed by atoms with Crippen molar-refractivity contribution in [2.45, 2.75) is 32.7 Å². The van der Waals surface area contributed by atoms with E-state index in [0.29, 0.717) is 12.0 Å². The highest BCUT2D eigenvalue weighted by Gasteiger charge is 2.31. The third-order valence-electron chi connectivity index (χ3n) is 4.45. The summed E-state index contributed by atoms with van der Waals surface area (Å²) in [4.78, 5) is 0. The van der Waals surface area contributed by atoms with Crippen molar-refractivity contribution < 1.29 is 4.74 Å². The van der Waals surface area contributed by atoms with E-state index in [-0.39, 0.29) is 0 Å².